The van der Waals surface area contributed by atoms with E-state index in [-0.39, 0.29) is 18.4 Å². The molecule has 0 bridgehead atoms. The van der Waals surface area contributed by atoms with E-state index < -0.39 is 6.04 Å². The predicted molar refractivity (Wildman–Crippen MR) is 116 cm³/mol. The molecule has 29 heavy (non-hydrogen) atoms. The summed E-state index contributed by atoms with van der Waals surface area (Å²) >= 11 is 6.02. The molecular formula is C24H21ClN2O2. The van der Waals surface area contributed by atoms with Gasteiger partial charge < -0.3 is 4.90 Å². The Morgan fingerprint density at radius 1 is 0.828 bits per heavy atom. The number of benzene rings is 3. The van der Waals surface area contributed by atoms with Crippen LogP contribution in [-0.4, -0.2) is 18.4 Å². The van der Waals surface area contributed by atoms with Crippen molar-refractivity contribution in [2.45, 2.75) is 19.9 Å². The first-order valence-corrected chi connectivity index (χ1v) is 9.85. The van der Waals surface area contributed by atoms with Crippen LogP contribution in [0.5, 0.6) is 0 Å². The Balaban J connectivity index is 1.80. The van der Waals surface area contributed by atoms with Gasteiger partial charge >= 0.3 is 0 Å². The second kappa shape index (κ2) is 7.72. The van der Waals surface area contributed by atoms with Crippen LogP contribution in [0.3, 0.4) is 0 Å². The van der Waals surface area contributed by atoms with Gasteiger partial charge in [0.05, 0.1) is 0 Å². The van der Waals surface area contributed by atoms with Gasteiger partial charge in [0.1, 0.15) is 12.6 Å². The van der Waals surface area contributed by atoms with Crippen molar-refractivity contribution in [3.63, 3.8) is 0 Å². The zero-order valence-electron chi connectivity index (χ0n) is 16.3. The van der Waals surface area contributed by atoms with Gasteiger partial charge in [-0.1, -0.05) is 48.0 Å². The highest BCUT2D eigenvalue weighted by Crippen LogP contribution is 2.35. The number of anilines is 2. The first-order chi connectivity index (χ1) is 14.0. The third-order valence-corrected chi connectivity index (χ3v) is 5.59. The quantitative estimate of drug-likeness (QED) is 0.610. The summed E-state index contributed by atoms with van der Waals surface area (Å²) in [5.41, 5.74) is 4.39. The fourth-order valence-electron chi connectivity index (χ4n) is 3.63. The van der Waals surface area contributed by atoms with Crippen LogP contribution in [0.25, 0.3) is 0 Å². The molecule has 1 aliphatic heterocycles. The summed E-state index contributed by atoms with van der Waals surface area (Å²) in [6, 6.07) is 21.5. The lowest BCUT2D eigenvalue weighted by Crippen LogP contribution is -2.56. The van der Waals surface area contributed by atoms with Crippen molar-refractivity contribution in [1.82, 2.24) is 0 Å². The molecule has 0 saturated carbocycles. The van der Waals surface area contributed by atoms with Gasteiger partial charge in [0.2, 0.25) is 5.91 Å². The van der Waals surface area contributed by atoms with Crippen molar-refractivity contribution in [3.8, 4) is 0 Å². The molecule has 0 unspecified atom stereocenters. The van der Waals surface area contributed by atoms with Crippen LogP contribution in [-0.2, 0) is 9.59 Å². The Bertz CT molecular complexity index is 1060. The minimum absolute atomic E-state index is 0.00665. The smallest absolute Gasteiger partial charge is 0.255 e. The molecule has 1 atom stereocenters. The van der Waals surface area contributed by atoms with Gasteiger partial charge in [0.15, 0.2) is 0 Å². The van der Waals surface area contributed by atoms with Gasteiger partial charge in [-0.3, -0.25) is 14.5 Å². The van der Waals surface area contributed by atoms with E-state index in [9.17, 15) is 9.59 Å². The minimum atomic E-state index is -0.736. The van der Waals surface area contributed by atoms with Crippen LogP contribution in [0.2, 0.25) is 5.02 Å². The van der Waals surface area contributed by atoms with Gasteiger partial charge in [-0.25, -0.2) is 0 Å². The van der Waals surface area contributed by atoms with Crippen LogP contribution in [0.4, 0.5) is 11.4 Å². The molecule has 0 aromatic heterocycles. The van der Waals surface area contributed by atoms with Crippen LogP contribution < -0.4 is 9.80 Å². The molecule has 2 amide bonds. The van der Waals surface area contributed by atoms with Crippen molar-refractivity contribution >= 4 is 34.8 Å². The molecule has 1 aliphatic rings. The monoisotopic (exact) mass is 404 g/mol. The SMILES string of the molecule is Cc1ccc(N2CC(=O)N(c3ccc(Cl)cc3)[C@@H](c3ccccc3)C2=O)cc1C. The second-order valence-electron chi connectivity index (χ2n) is 7.25. The topological polar surface area (TPSA) is 40.6 Å². The average Bonchev–Trinajstić information content (AvgIpc) is 2.73. The molecule has 1 fully saturated rings. The number of piperazine rings is 1. The van der Waals surface area contributed by atoms with Gasteiger partial charge in [-0.2, -0.15) is 0 Å². The zero-order valence-corrected chi connectivity index (χ0v) is 17.1. The highest BCUT2D eigenvalue weighted by atomic mass is 35.5. The number of aryl methyl sites for hydroxylation is 2. The van der Waals surface area contributed by atoms with Crippen LogP contribution in [0.1, 0.15) is 22.7 Å². The van der Waals surface area contributed by atoms with E-state index in [1.54, 1.807) is 34.1 Å². The zero-order chi connectivity index (χ0) is 20.5. The molecule has 0 N–H and O–H groups in total. The highest BCUT2D eigenvalue weighted by molar-refractivity contribution is 6.30. The number of carbonyl (C=O) groups excluding carboxylic acids is 2. The molecule has 0 spiro atoms. The number of hydrogen-bond acceptors (Lipinski definition) is 2. The van der Waals surface area contributed by atoms with Crippen molar-refractivity contribution in [2.24, 2.45) is 0 Å². The molecule has 1 heterocycles. The Morgan fingerprint density at radius 3 is 2.14 bits per heavy atom. The summed E-state index contributed by atoms with van der Waals surface area (Å²) in [6.45, 7) is 4.02. The van der Waals surface area contributed by atoms with E-state index in [2.05, 4.69) is 0 Å². The van der Waals surface area contributed by atoms with E-state index in [4.69, 9.17) is 11.6 Å². The summed E-state index contributed by atoms with van der Waals surface area (Å²) < 4.78 is 0. The molecule has 4 nitrogen and oxygen atoms in total. The summed E-state index contributed by atoms with van der Waals surface area (Å²) in [6.07, 6.45) is 0. The van der Waals surface area contributed by atoms with Gasteiger partial charge in [0, 0.05) is 16.4 Å². The normalized spacial score (nSPS) is 17.0. The molecule has 146 valence electrons. The van der Waals surface area contributed by atoms with E-state index in [0.29, 0.717) is 10.7 Å². The van der Waals surface area contributed by atoms with Gasteiger partial charge in [-0.15, -0.1) is 0 Å². The number of nitrogens with zero attached hydrogens (tertiary/aromatic N) is 2. The van der Waals surface area contributed by atoms with E-state index >= 15 is 0 Å². The van der Waals surface area contributed by atoms with Gasteiger partial charge in [0.25, 0.3) is 5.91 Å². The predicted octanol–water partition coefficient (Wildman–Crippen LogP) is 5.08. The summed E-state index contributed by atoms with van der Waals surface area (Å²) in [4.78, 5) is 30.0. The first-order valence-electron chi connectivity index (χ1n) is 9.47. The lowest BCUT2D eigenvalue weighted by molar-refractivity contribution is -0.128. The standard InChI is InChI=1S/C24H21ClN2O2/c1-16-8-11-21(14-17(16)2)26-15-22(28)27(20-12-9-19(25)10-13-20)23(24(26)29)18-6-4-3-5-7-18/h3-14,23H,15H2,1-2H3/t23-/m0/s1. The largest absolute Gasteiger partial charge is 0.301 e. The summed E-state index contributed by atoms with van der Waals surface area (Å²) in [5, 5.41) is 0.581. The maximum Gasteiger partial charge on any atom is 0.255 e. The number of hydrogen-bond donors (Lipinski definition) is 0. The third-order valence-electron chi connectivity index (χ3n) is 5.34. The highest BCUT2D eigenvalue weighted by Gasteiger charge is 2.41. The fourth-order valence-corrected chi connectivity index (χ4v) is 3.75. The number of halogens is 1. The lowest BCUT2D eigenvalue weighted by Gasteiger charge is -2.40. The Morgan fingerprint density at radius 2 is 1.48 bits per heavy atom. The third kappa shape index (κ3) is 3.64. The average molecular weight is 405 g/mol. The Labute approximate surface area is 175 Å². The Hall–Kier alpha value is -3.11. The lowest BCUT2D eigenvalue weighted by atomic mass is 9.99. The molecule has 3 aromatic rings. The van der Waals surface area contributed by atoms with Crippen molar-refractivity contribution in [3.05, 3.63) is 94.5 Å². The first kappa shape index (κ1) is 19.2. The molecule has 1 saturated heterocycles. The molecule has 0 radical (unpaired) electrons. The van der Waals surface area contributed by atoms with Crippen molar-refractivity contribution in [2.75, 3.05) is 16.3 Å². The van der Waals surface area contributed by atoms with Crippen molar-refractivity contribution < 1.29 is 9.59 Å². The van der Waals surface area contributed by atoms with Crippen molar-refractivity contribution in [1.29, 1.82) is 0 Å². The van der Waals surface area contributed by atoms with Crippen LogP contribution >= 0.6 is 11.6 Å². The fraction of sp³-hybridized carbons (Fsp3) is 0.167. The van der Waals surface area contributed by atoms with Crippen LogP contribution in [0.15, 0.2) is 72.8 Å². The molecule has 3 aromatic carbocycles. The number of rotatable bonds is 3. The summed E-state index contributed by atoms with van der Waals surface area (Å²) in [5.74, 6) is -0.270. The van der Waals surface area contributed by atoms with E-state index in [0.717, 1.165) is 22.4 Å². The molecule has 0 aliphatic carbocycles. The maximum atomic E-state index is 13.6. The second-order valence-corrected chi connectivity index (χ2v) is 7.68. The molecular weight excluding hydrogens is 384 g/mol. The molecule has 4 rings (SSSR count). The molecule has 5 heteroatoms. The van der Waals surface area contributed by atoms with Crippen LogP contribution in [0, 0.1) is 13.8 Å². The summed E-state index contributed by atoms with van der Waals surface area (Å²) in [7, 11) is 0. The van der Waals surface area contributed by atoms with E-state index in [1.807, 2.05) is 62.4 Å². The minimum Gasteiger partial charge on any atom is -0.301 e. The number of amides is 2. The van der Waals surface area contributed by atoms with E-state index in [1.165, 1.54) is 0 Å². The number of carbonyl (C=O) groups is 2. The Kier molecular flexibility index (Phi) is 5.12. The van der Waals surface area contributed by atoms with Gasteiger partial charge in [-0.05, 0) is 66.9 Å². The maximum absolute atomic E-state index is 13.6.